The van der Waals surface area contributed by atoms with Crippen LogP contribution in [0.1, 0.15) is 28.4 Å². The lowest BCUT2D eigenvalue weighted by atomic mass is 10.00. The number of carboxylic acid groups (broad SMARTS) is 1. The second kappa shape index (κ2) is 5.42. The van der Waals surface area contributed by atoms with Gasteiger partial charge in [0.1, 0.15) is 0 Å². The van der Waals surface area contributed by atoms with Gasteiger partial charge in [-0.05, 0) is 40.5 Å². The van der Waals surface area contributed by atoms with Crippen LogP contribution in [0.3, 0.4) is 0 Å². The number of nitrogens with zero attached hydrogens (tertiary/aromatic N) is 1. The monoisotopic (exact) mass is 399 g/mol. The minimum Gasteiger partial charge on any atom is -0.478 e. The predicted molar refractivity (Wildman–Crippen MR) is 82.3 cm³/mol. The Labute approximate surface area is 132 Å². The summed E-state index contributed by atoms with van der Waals surface area (Å²) in [6, 6.07) is 5.32. The van der Waals surface area contributed by atoms with E-state index in [0.717, 1.165) is 21.1 Å². The second-order valence-electron chi connectivity index (χ2n) is 4.74. The van der Waals surface area contributed by atoms with Crippen LogP contribution < -0.4 is 0 Å². The van der Waals surface area contributed by atoms with Crippen molar-refractivity contribution in [2.75, 3.05) is 13.2 Å². The molecular weight excluding hydrogens is 390 g/mol. The molecule has 2 aromatic rings. The van der Waals surface area contributed by atoms with Crippen LogP contribution in [0.4, 0.5) is 0 Å². The minimum atomic E-state index is -0.942. The zero-order valence-corrected chi connectivity index (χ0v) is 13.6. The Morgan fingerprint density at radius 1 is 1.35 bits per heavy atom. The van der Waals surface area contributed by atoms with E-state index < -0.39 is 5.97 Å². The molecule has 6 heteroatoms. The number of fused-ring (bicyclic) bond motifs is 1. The number of hydrogen-bond donors (Lipinski definition) is 1. The van der Waals surface area contributed by atoms with Crippen molar-refractivity contribution in [3.63, 3.8) is 0 Å². The first-order valence-corrected chi connectivity index (χ1v) is 7.75. The summed E-state index contributed by atoms with van der Waals surface area (Å²) in [5, 5.41) is 10.1. The molecule has 0 radical (unpaired) electrons. The number of aromatic carboxylic acids is 1. The van der Waals surface area contributed by atoms with Gasteiger partial charge in [-0.25, -0.2) is 4.79 Å². The summed E-state index contributed by atoms with van der Waals surface area (Å²) >= 11 is 6.84. The highest BCUT2D eigenvalue weighted by Gasteiger charge is 2.23. The van der Waals surface area contributed by atoms with Crippen LogP contribution in [-0.4, -0.2) is 29.3 Å². The van der Waals surface area contributed by atoms with E-state index in [1.807, 2.05) is 6.07 Å². The smallest absolute Gasteiger partial charge is 0.336 e. The Kier molecular flexibility index (Phi) is 3.79. The highest BCUT2D eigenvalue weighted by molar-refractivity contribution is 9.11. The molecule has 0 aliphatic carbocycles. The molecule has 0 amide bonds. The summed E-state index contributed by atoms with van der Waals surface area (Å²) in [5.74, 6) is -0.768. The number of rotatable bonds is 2. The summed E-state index contributed by atoms with van der Waals surface area (Å²) in [7, 11) is 0. The highest BCUT2D eigenvalue weighted by atomic mass is 79.9. The molecule has 1 unspecified atom stereocenters. The normalized spacial score (nSPS) is 18.6. The Bertz CT molecular complexity index is 696. The maximum Gasteiger partial charge on any atom is 0.336 e. The van der Waals surface area contributed by atoms with E-state index in [1.165, 1.54) is 0 Å². The number of hydrogen-bond acceptors (Lipinski definition) is 3. The lowest BCUT2D eigenvalue weighted by molar-refractivity contribution is 0.0698. The van der Waals surface area contributed by atoms with Gasteiger partial charge < -0.3 is 9.84 Å². The molecule has 20 heavy (non-hydrogen) atoms. The molecule has 0 bridgehead atoms. The summed E-state index contributed by atoms with van der Waals surface area (Å²) in [6.45, 7) is 1.31. The van der Waals surface area contributed by atoms with Crippen molar-refractivity contribution >= 4 is 48.7 Å². The van der Waals surface area contributed by atoms with Gasteiger partial charge in [0.25, 0.3) is 0 Å². The van der Waals surface area contributed by atoms with E-state index in [9.17, 15) is 9.90 Å². The third-order valence-corrected chi connectivity index (χ3v) is 4.49. The molecule has 1 fully saturated rings. The number of carboxylic acids is 1. The van der Waals surface area contributed by atoms with E-state index in [1.54, 1.807) is 12.1 Å². The molecule has 104 valence electrons. The third kappa shape index (κ3) is 2.47. The lowest BCUT2D eigenvalue weighted by Gasteiger charge is -2.12. The molecule has 1 N–H and O–H groups in total. The largest absolute Gasteiger partial charge is 0.478 e. The Hall–Kier alpha value is -0.980. The van der Waals surface area contributed by atoms with E-state index in [2.05, 4.69) is 36.8 Å². The van der Waals surface area contributed by atoms with E-state index in [-0.39, 0.29) is 11.5 Å². The van der Waals surface area contributed by atoms with Crippen LogP contribution in [0.5, 0.6) is 0 Å². The lowest BCUT2D eigenvalue weighted by Crippen LogP contribution is -2.06. The molecule has 3 rings (SSSR count). The Morgan fingerprint density at radius 3 is 2.80 bits per heavy atom. The standard InChI is InChI=1S/C14H11Br2NO3/c15-8-3-9-10(14(18)19)5-12(7-1-2-20-6-7)17-13(9)11(16)4-8/h3-5,7H,1-2,6H2,(H,18,19). The van der Waals surface area contributed by atoms with Gasteiger partial charge >= 0.3 is 5.97 Å². The van der Waals surface area contributed by atoms with Crippen LogP contribution in [-0.2, 0) is 4.74 Å². The number of halogens is 2. The maximum absolute atomic E-state index is 11.5. The minimum absolute atomic E-state index is 0.174. The molecule has 1 atom stereocenters. The van der Waals surface area contributed by atoms with E-state index in [0.29, 0.717) is 24.1 Å². The SMILES string of the molecule is O=C(O)c1cc(C2CCOC2)nc2c(Br)cc(Br)cc12. The van der Waals surface area contributed by atoms with Gasteiger partial charge in [-0.3, -0.25) is 4.98 Å². The molecule has 1 aromatic carbocycles. The van der Waals surface area contributed by atoms with Gasteiger partial charge in [0, 0.05) is 32.6 Å². The number of pyridine rings is 1. The quantitative estimate of drug-likeness (QED) is 0.828. The molecule has 0 spiro atoms. The van der Waals surface area contributed by atoms with Crippen molar-refractivity contribution in [1.29, 1.82) is 0 Å². The number of carbonyl (C=O) groups is 1. The van der Waals surface area contributed by atoms with Crippen molar-refractivity contribution in [3.05, 3.63) is 38.4 Å². The molecule has 1 aliphatic rings. The van der Waals surface area contributed by atoms with Gasteiger partial charge in [0.2, 0.25) is 0 Å². The fourth-order valence-electron chi connectivity index (χ4n) is 2.43. The fourth-order valence-corrected chi connectivity index (χ4v) is 3.74. The van der Waals surface area contributed by atoms with Crippen LogP contribution >= 0.6 is 31.9 Å². The zero-order chi connectivity index (χ0) is 14.3. The number of aromatic nitrogens is 1. The highest BCUT2D eigenvalue weighted by Crippen LogP contribution is 2.33. The van der Waals surface area contributed by atoms with Gasteiger partial charge in [-0.1, -0.05) is 15.9 Å². The van der Waals surface area contributed by atoms with Gasteiger partial charge in [-0.15, -0.1) is 0 Å². The van der Waals surface area contributed by atoms with E-state index >= 15 is 0 Å². The summed E-state index contributed by atoms with van der Waals surface area (Å²) in [6.07, 6.45) is 0.881. The third-order valence-electron chi connectivity index (χ3n) is 3.43. The van der Waals surface area contributed by atoms with Gasteiger partial charge in [-0.2, -0.15) is 0 Å². The van der Waals surface area contributed by atoms with E-state index in [4.69, 9.17) is 4.74 Å². The van der Waals surface area contributed by atoms with Crippen LogP contribution in [0.2, 0.25) is 0 Å². The fraction of sp³-hybridized carbons (Fsp3) is 0.286. The topological polar surface area (TPSA) is 59.4 Å². The first-order valence-electron chi connectivity index (χ1n) is 6.17. The van der Waals surface area contributed by atoms with Crippen molar-refractivity contribution in [2.24, 2.45) is 0 Å². The summed E-state index contributed by atoms with van der Waals surface area (Å²) < 4.78 is 6.97. The molecule has 1 saturated heterocycles. The predicted octanol–water partition coefficient (Wildman–Crippen LogP) is 3.96. The van der Waals surface area contributed by atoms with Crippen molar-refractivity contribution in [3.8, 4) is 0 Å². The molecule has 1 aromatic heterocycles. The second-order valence-corrected chi connectivity index (χ2v) is 6.51. The van der Waals surface area contributed by atoms with Crippen molar-refractivity contribution in [1.82, 2.24) is 4.98 Å². The van der Waals surface area contributed by atoms with Gasteiger partial charge in [0.15, 0.2) is 0 Å². The van der Waals surface area contributed by atoms with Crippen molar-refractivity contribution < 1.29 is 14.6 Å². The Morgan fingerprint density at radius 2 is 2.15 bits per heavy atom. The first kappa shape index (κ1) is 14.0. The maximum atomic E-state index is 11.5. The number of benzene rings is 1. The van der Waals surface area contributed by atoms with Crippen molar-refractivity contribution in [2.45, 2.75) is 12.3 Å². The summed E-state index contributed by atoms with van der Waals surface area (Å²) in [5.41, 5.74) is 1.74. The first-order chi connectivity index (χ1) is 9.56. The molecule has 0 saturated carbocycles. The number of ether oxygens (including phenoxy) is 1. The van der Waals surface area contributed by atoms with Gasteiger partial charge in [0.05, 0.1) is 17.7 Å². The van der Waals surface area contributed by atoms with Crippen LogP contribution in [0, 0.1) is 0 Å². The average Bonchev–Trinajstić information content (AvgIpc) is 2.91. The molecular formula is C14H11Br2NO3. The molecule has 4 nitrogen and oxygen atoms in total. The Balaban J connectivity index is 2.27. The zero-order valence-electron chi connectivity index (χ0n) is 10.4. The van der Waals surface area contributed by atoms with Crippen LogP contribution in [0.15, 0.2) is 27.1 Å². The molecule has 1 aliphatic heterocycles. The van der Waals surface area contributed by atoms with Crippen LogP contribution in [0.25, 0.3) is 10.9 Å². The summed E-state index contributed by atoms with van der Waals surface area (Å²) in [4.78, 5) is 16.1. The molecule has 2 heterocycles. The average molecular weight is 401 g/mol.